The van der Waals surface area contributed by atoms with Gasteiger partial charge in [-0.2, -0.15) is 0 Å². The average molecular weight is 285 g/mol. The van der Waals surface area contributed by atoms with Crippen molar-refractivity contribution in [1.82, 2.24) is 4.98 Å². The highest BCUT2D eigenvalue weighted by Crippen LogP contribution is 2.27. The number of fused-ring (bicyclic) bond motifs is 1. The molecule has 21 heavy (non-hydrogen) atoms. The number of aromatic nitrogens is 1. The Kier molecular flexibility index (Phi) is 4.91. The molecule has 1 aromatic carbocycles. The Hall–Kier alpha value is -1.94. The van der Waals surface area contributed by atoms with Crippen LogP contribution < -0.4 is 11.1 Å². The van der Waals surface area contributed by atoms with Crippen molar-refractivity contribution in [1.29, 1.82) is 0 Å². The summed E-state index contributed by atoms with van der Waals surface area (Å²) in [6, 6.07) is 7.80. The monoisotopic (exact) mass is 285 g/mol. The van der Waals surface area contributed by atoms with E-state index in [0.717, 1.165) is 29.3 Å². The highest BCUT2D eigenvalue weighted by molar-refractivity contribution is 6.01. The van der Waals surface area contributed by atoms with Crippen molar-refractivity contribution in [3.05, 3.63) is 36.7 Å². The van der Waals surface area contributed by atoms with Gasteiger partial charge in [0.05, 0.1) is 5.69 Å². The van der Waals surface area contributed by atoms with Crippen LogP contribution in [0.1, 0.15) is 33.1 Å². The van der Waals surface area contributed by atoms with Gasteiger partial charge in [-0.3, -0.25) is 9.78 Å². The van der Waals surface area contributed by atoms with Gasteiger partial charge in [0.2, 0.25) is 5.91 Å². The molecule has 0 fully saturated rings. The van der Waals surface area contributed by atoms with Gasteiger partial charge in [0.15, 0.2) is 0 Å². The van der Waals surface area contributed by atoms with Crippen LogP contribution in [0, 0.1) is 5.41 Å². The zero-order valence-electron chi connectivity index (χ0n) is 12.7. The second-order valence-corrected chi connectivity index (χ2v) is 6.15. The molecule has 0 saturated carbocycles. The number of carbonyl (C=O) groups is 1. The zero-order chi connectivity index (χ0) is 15.3. The Balaban J connectivity index is 2.02. The van der Waals surface area contributed by atoms with Gasteiger partial charge in [-0.25, -0.2) is 0 Å². The minimum atomic E-state index is 0.0384. The van der Waals surface area contributed by atoms with Crippen LogP contribution in [0.15, 0.2) is 36.7 Å². The summed E-state index contributed by atoms with van der Waals surface area (Å²) < 4.78 is 0. The maximum Gasteiger partial charge on any atom is 0.224 e. The predicted molar refractivity (Wildman–Crippen MR) is 87.1 cm³/mol. The van der Waals surface area contributed by atoms with E-state index in [1.165, 1.54) is 0 Å². The quantitative estimate of drug-likeness (QED) is 0.855. The molecular formula is C17H23N3O. The number of nitrogens with one attached hydrogen (secondary N) is 1. The fourth-order valence-electron chi connectivity index (χ4n) is 2.40. The van der Waals surface area contributed by atoms with Gasteiger partial charge in [0, 0.05) is 24.2 Å². The van der Waals surface area contributed by atoms with Crippen molar-refractivity contribution in [2.24, 2.45) is 11.1 Å². The Labute approximate surface area is 125 Å². The Bertz CT molecular complexity index is 617. The van der Waals surface area contributed by atoms with E-state index in [1.54, 1.807) is 12.4 Å². The molecule has 2 rings (SSSR count). The number of hydrogen-bond donors (Lipinski definition) is 2. The summed E-state index contributed by atoms with van der Waals surface area (Å²) in [5.74, 6) is 0.0384. The fraction of sp³-hybridized carbons (Fsp3) is 0.412. The van der Waals surface area contributed by atoms with Crippen molar-refractivity contribution in [3.63, 3.8) is 0 Å². The molecule has 1 amide bonds. The minimum Gasteiger partial charge on any atom is -0.330 e. The van der Waals surface area contributed by atoms with Crippen LogP contribution in [0.3, 0.4) is 0 Å². The molecule has 0 radical (unpaired) electrons. The number of hydrogen-bond acceptors (Lipinski definition) is 3. The van der Waals surface area contributed by atoms with Gasteiger partial charge in [0.1, 0.15) is 0 Å². The normalized spacial score (nSPS) is 11.6. The molecule has 112 valence electrons. The van der Waals surface area contributed by atoms with E-state index < -0.39 is 0 Å². The molecule has 1 aromatic heterocycles. The molecule has 4 nitrogen and oxygen atoms in total. The molecule has 4 heteroatoms. The number of nitrogens with zero attached hydrogens (tertiary/aromatic N) is 1. The number of pyridine rings is 1. The molecule has 0 aliphatic carbocycles. The van der Waals surface area contributed by atoms with E-state index in [9.17, 15) is 4.79 Å². The standard InChI is InChI=1S/C17H23N3O/c1-17(2,9-10-18)8-6-16(21)20-15-5-3-4-13-7-11-19-12-14(13)15/h3-5,7,11-12H,6,8-10,18H2,1-2H3,(H,20,21). The molecule has 0 saturated heterocycles. The first-order valence-corrected chi connectivity index (χ1v) is 7.34. The summed E-state index contributed by atoms with van der Waals surface area (Å²) in [6.07, 6.45) is 5.80. The summed E-state index contributed by atoms with van der Waals surface area (Å²) in [7, 11) is 0. The number of benzene rings is 1. The number of amides is 1. The van der Waals surface area contributed by atoms with E-state index in [0.29, 0.717) is 13.0 Å². The largest absolute Gasteiger partial charge is 0.330 e. The van der Waals surface area contributed by atoms with Crippen LogP contribution in [0.25, 0.3) is 10.8 Å². The molecule has 1 heterocycles. The number of carbonyl (C=O) groups excluding carboxylic acids is 1. The van der Waals surface area contributed by atoms with Crippen molar-refractivity contribution >= 4 is 22.4 Å². The highest BCUT2D eigenvalue weighted by Gasteiger charge is 2.18. The topological polar surface area (TPSA) is 68.0 Å². The average Bonchev–Trinajstić information content (AvgIpc) is 2.46. The van der Waals surface area contributed by atoms with E-state index in [1.807, 2.05) is 24.3 Å². The van der Waals surface area contributed by atoms with Crippen molar-refractivity contribution < 1.29 is 4.79 Å². The van der Waals surface area contributed by atoms with Crippen molar-refractivity contribution in [2.75, 3.05) is 11.9 Å². The summed E-state index contributed by atoms with van der Waals surface area (Å²) in [5.41, 5.74) is 6.52. The van der Waals surface area contributed by atoms with Crippen LogP contribution in [-0.4, -0.2) is 17.4 Å². The van der Waals surface area contributed by atoms with Gasteiger partial charge < -0.3 is 11.1 Å². The molecular weight excluding hydrogens is 262 g/mol. The van der Waals surface area contributed by atoms with Gasteiger partial charge in [0.25, 0.3) is 0 Å². The molecule has 0 bridgehead atoms. The van der Waals surface area contributed by atoms with Crippen molar-refractivity contribution in [2.45, 2.75) is 33.1 Å². The van der Waals surface area contributed by atoms with Gasteiger partial charge in [-0.15, -0.1) is 0 Å². The number of rotatable bonds is 6. The highest BCUT2D eigenvalue weighted by atomic mass is 16.1. The summed E-state index contributed by atoms with van der Waals surface area (Å²) in [5, 5.41) is 5.03. The maximum absolute atomic E-state index is 12.1. The summed E-state index contributed by atoms with van der Waals surface area (Å²) >= 11 is 0. The SMILES string of the molecule is CC(C)(CCN)CCC(=O)Nc1cccc2ccncc12. The molecule has 0 unspecified atom stereocenters. The Morgan fingerprint density at radius 2 is 2.10 bits per heavy atom. The first kappa shape index (κ1) is 15.4. The van der Waals surface area contributed by atoms with E-state index >= 15 is 0 Å². The third kappa shape index (κ3) is 4.26. The minimum absolute atomic E-state index is 0.0384. The number of anilines is 1. The number of nitrogens with two attached hydrogens (primary N) is 1. The van der Waals surface area contributed by atoms with Crippen LogP contribution in [0.2, 0.25) is 0 Å². The third-order valence-corrected chi connectivity index (χ3v) is 3.81. The van der Waals surface area contributed by atoms with Crippen LogP contribution in [-0.2, 0) is 4.79 Å². The second-order valence-electron chi connectivity index (χ2n) is 6.15. The van der Waals surface area contributed by atoms with E-state index in [-0.39, 0.29) is 11.3 Å². The molecule has 0 aliphatic rings. The van der Waals surface area contributed by atoms with E-state index in [2.05, 4.69) is 24.1 Å². The van der Waals surface area contributed by atoms with Crippen molar-refractivity contribution in [3.8, 4) is 0 Å². The second kappa shape index (κ2) is 6.68. The maximum atomic E-state index is 12.1. The van der Waals surface area contributed by atoms with Gasteiger partial charge >= 0.3 is 0 Å². The first-order valence-electron chi connectivity index (χ1n) is 7.34. The predicted octanol–water partition coefficient (Wildman–Crippen LogP) is 3.33. The van der Waals surface area contributed by atoms with Crippen LogP contribution in [0.5, 0.6) is 0 Å². The first-order chi connectivity index (χ1) is 10.0. The fourth-order valence-corrected chi connectivity index (χ4v) is 2.40. The molecule has 2 aromatic rings. The van der Waals surface area contributed by atoms with Gasteiger partial charge in [-0.05, 0) is 42.3 Å². The Morgan fingerprint density at radius 1 is 1.29 bits per heavy atom. The molecule has 0 atom stereocenters. The molecule has 0 aliphatic heterocycles. The lowest BCUT2D eigenvalue weighted by molar-refractivity contribution is -0.116. The zero-order valence-corrected chi connectivity index (χ0v) is 12.7. The lowest BCUT2D eigenvalue weighted by Gasteiger charge is -2.23. The lowest BCUT2D eigenvalue weighted by Crippen LogP contribution is -2.20. The van der Waals surface area contributed by atoms with Crippen LogP contribution in [0.4, 0.5) is 5.69 Å². The summed E-state index contributed by atoms with van der Waals surface area (Å²) in [6.45, 7) is 4.95. The smallest absolute Gasteiger partial charge is 0.224 e. The molecule has 0 spiro atoms. The lowest BCUT2D eigenvalue weighted by atomic mass is 9.84. The van der Waals surface area contributed by atoms with Crippen LogP contribution >= 0.6 is 0 Å². The summed E-state index contributed by atoms with van der Waals surface area (Å²) in [4.78, 5) is 16.3. The molecule has 3 N–H and O–H groups in total. The third-order valence-electron chi connectivity index (χ3n) is 3.81. The van der Waals surface area contributed by atoms with Gasteiger partial charge in [-0.1, -0.05) is 26.0 Å². The Morgan fingerprint density at radius 3 is 2.86 bits per heavy atom. The van der Waals surface area contributed by atoms with E-state index in [4.69, 9.17) is 5.73 Å².